The average Bonchev–Trinajstić information content (AvgIpc) is 2.21. The zero-order valence-electron chi connectivity index (χ0n) is 8.95. The summed E-state index contributed by atoms with van der Waals surface area (Å²) >= 11 is 4.97. The van der Waals surface area contributed by atoms with E-state index in [1.165, 1.54) is 5.56 Å². The van der Waals surface area contributed by atoms with Crippen LogP contribution in [0.25, 0.3) is 0 Å². The van der Waals surface area contributed by atoms with Crippen molar-refractivity contribution in [1.29, 1.82) is 0 Å². The zero-order chi connectivity index (χ0) is 11.1. The summed E-state index contributed by atoms with van der Waals surface area (Å²) in [5, 5.41) is 7.54. The standard InChI is InChI=1S/C11H15N3S/c1-3-12-11(15)14-13-8-10-7-5-4-6-9(10)2/h4-8H,3H2,1-2H3,(H2,12,14,15). The number of nitrogens with zero attached hydrogens (tertiary/aromatic N) is 1. The molecule has 15 heavy (non-hydrogen) atoms. The third-order valence-corrected chi connectivity index (χ3v) is 2.13. The van der Waals surface area contributed by atoms with Crippen LogP contribution < -0.4 is 10.7 Å². The van der Waals surface area contributed by atoms with Crippen LogP contribution >= 0.6 is 12.2 Å². The number of thiocarbonyl (C=S) groups is 1. The average molecular weight is 221 g/mol. The topological polar surface area (TPSA) is 36.4 Å². The molecule has 0 saturated heterocycles. The molecule has 0 aromatic heterocycles. The normalized spacial score (nSPS) is 10.3. The summed E-state index contributed by atoms with van der Waals surface area (Å²) in [5.74, 6) is 0. The minimum absolute atomic E-state index is 0.544. The van der Waals surface area contributed by atoms with Gasteiger partial charge in [-0.2, -0.15) is 5.10 Å². The van der Waals surface area contributed by atoms with Crippen molar-refractivity contribution in [2.45, 2.75) is 13.8 Å². The number of benzene rings is 1. The first-order valence-electron chi connectivity index (χ1n) is 4.86. The molecule has 0 spiro atoms. The number of hydrazone groups is 1. The molecule has 2 N–H and O–H groups in total. The Labute approximate surface area is 95.6 Å². The SMILES string of the molecule is CCNC(=S)NN=Cc1ccccc1C. The largest absolute Gasteiger partial charge is 0.362 e. The molecule has 1 rings (SSSR count). The molecular formula is C11H15N3S. The first-order valence-corrected chi connectivity index (χ1v) is 5.27. The summed E-state index contributed by atoms with van der Waals surface area (Å²) in [6.07, 6.45) is 1.76. The van der Waals surface area contributed by atoms with Crippen molar-refractivity contribution in [3.8, 4) is 0 Å². The highest BCUT2D eigenvalue weighted by molar-refractivity contribution is 7.80. The summed E-state index contributed by atoms with van der Waals surface area (Å²) in [5.41, 5.74) is 5.03. The molecule has 0 bridgehead atoms. The third kappa shape index (κ3) is 4.08. The van der Waals surface area contributed by atoms with E-state index in [-0.39, 0.29) is 0 Å². The van der Waals surface area contributed by atoms with Crippen LogP contribution in [0.2, 0.25) is 0 Å². The second-order valence-corrected chi connectivity index (χ2v) is 3.49. The monoisotopic (exact) mass is 221 g/mol. The van der Waals surface area contributed by atoms with Gasteiger partial charge in [0.1, 0.15) is 0 Å². The fourth-order valence-electron chi connectivity index (χ4n) is 1.09. The van der Waals surface area contributed by atoms with Crippen molar-refractivity contribution in [2.75, 3.05) is 6.54 Å². The Morgan fingerprint density at radius 3 is 2.87 bits per heavy atom. The van der Waals surface area contributed by atoms with Crippen molar-refractivity contribution in [1.82, 2.24) is 10.7 Å². The molecule has 4 heteroatoms. The maximum atomic E-state index is 4.97. The van der Waals surface area contributed by atoms with Crippen LogP contribution in [0.4, 0.5) is 0 Å². The molecule has 0 saturated carbocycles. The molecule has 1 aromatic rings. The first kappa shape index (κ1) is 11.7. The molecule has 0 aliphatic heterocycles. The molecule has 0 aliphatic carbocycles. The fraction of sp³-hybridized carbons (Fsp3) is 0.273. The Hall–Kier alpha value is -1.42. The van der Waals surface area contributed by atoms with E-state index in [2.05, 4.69) is 15.8 Å². The van der Waals surface area contributed by atoms with E-state index in [9.17, 15) is 0 Å². The summed E-state index contributed by atoms with van der Waals surface area (Å²) in [4.78, 5) is 0. The summed E-state index contributed by atoms with van der Waals surface area (Å²) < 4.78 is 0. The first-order chi connectivity index (χ1) is 7.24. The van der Waals surface area contributed by atoms with Gasteiger partial charge in [0, 0.05) is 6.54 Å². The van der Waals surface area contributed by atoms with Gasteiger partial charge in [-0.05, 0) is 37.2 Å². The van der Waals surface area contributed by atoms with Crippen molar-refractivity contribution in [3.05, 3.63) is 35.4 Å². The number of nitrogens with one attached hydrogen (secondary N) is 2. The van der Waals surface area contributed by atoms with E-state index < -0.39 is 0 Å². The van der Waals surface area contributed by atoms with Crippen LogP contribution in [0.5, 0.6) is 0 Å². The second kappa shape index (κ2) is 6.14. The lowest BCUT2D eigenvalue weighted by molar-refractivity contribution is 0.904. The Morgan fingerprint density at radius 1 is 1.47 bits per heavy atom. The highest BCUT2D eigenvalue weighted by Crippen LogP contribution is 2.02. The van der Waals surface area contributed by atoms with Gasteiger partial charge in [0.05, 0.1) is 6.21 Å². The maximum absolute atomic E-state index is 4.97. The molecule has 0 atom stereocenters. The van der Waals surface area contributed by atoms with Gasteiger partial charge in [0.15, 0.2) is 5.11 Å². The number of aryl methyl sites for hydroxylation is 1. The minimum atomic E-state index is 0.544. The predicted octanol–water partition coefficient (Wildman–Crippen LogP) is 1.81. The van der Waals surface area contributed by atoms with Crippen LogP contribution in [-0.2, 0) is 0 Å². The van der Waals surface area contributed by atoms with Crippen molar-refractivity contribution in [2.24, 2.45) is 5.10 Å². The number of hydrogen-bond acceptors (Lipinski definition) is 2. The minimum Gasteiger partial charge on any atom is -0.362 e. The van der Waals surface area contributed by atoms with E-state index in [0.717, 1.165) is 12.1 Å². The van der Waals surface area contributed by atoms with E-state index >= 15 is 0 Å². The van der Waals surface area contributed by atoms with Gasteiger partial charge in [-0.25, -0.2) is 0 Å². The summed E-state index contributed by atoms with van der Waals surface area (Å²) in [6.45, 7) is 4.83. The van der Waals surface area contributed by atoms with Gasteiger partial charge in [0.2, 0.25) is 0 Å². The van der Waals surface area contributed by atoms with Crippen molar-refractivity contribution < 1.29 is 0 Å². The summed E-state index contributed by atoms with van der Waals surface area (Å²) in [6, 6.07) is 8.04. The second-order valence-electron chi connectivity index (χ2n) is 3.09. The van der Waals surface area contributed by atoms with Crippen LogP contribution in [0, 0.1) is 6.92 Å². The molecular weight excluding hydrogens is 206 g/mol. The molecule has 0 heterocycles. The molecule has 0 aliphatic rings. The van der Waals surface area contributed by atoms with E-state index in [1.807, 2.05) is 38.1 Å². The van der Waals surface area contributed by atoms with E-state index in [0.29, 0.717) is 5.11 Å². The maximum Gasteiger partial charge on any atom is 0.186 e. The van der Waals surface area contributed by atoms with Crippen LogP contribution in [0.1, 0.15) is 18.1 Å². The fourth-order valence-corrected chi connectivity index (χ4v) is 1.29. The van der Waals surface area contributed by atoms with E-state index in [4.69, 9.17) is 12.2 Å². The Kier molecular flexibility index (Phi) is 4.77. The highest BCUT2D eigenvalue weighted by atomic mass is 32.1. The number of hydrogen-bond donors (Lipinski definition) is 2. The zero-order valence-corrected chi connectivity index (χ0v) is 9.77. The Balaban J connectivity index is 2.52. The Morgan fingerprint density at radius 2 is 2.20 bits per heavy atom. The molecule has 1 aromatic carbocycles. The van der Waals surface area contributed by atoms with Gasteiger partial charge >= 0.3 is 0 Å². The molecule has 80 valence electrons. The number of rotatable bonds is 3. The lowest BCUT2D eigenvalue weighted by atomic mass is 10.1. The lowest BCUT2D eigenvalue weighted by Gasteiger charge is -2.03. The van der Waals surface area contributed by atoms with Crippen LogP contribution in [0.3, 0.4) is 0 Å². The van der Waals surface area contributed by atoms with Crippen LogP contribution in [0.15, 0.2) is 29.4 Å². The lowest BCUT2D eigenvalue weighted by Crippen LogP contribution is -2.31. The van der Waals surface area contributed by atoms with Gasteiger partial charge in [-0.15, -0.1) is 0 Å². The highest BCUT2D eigenvalue weighted by Gasteiger charge is 1.92. The van der Waals surface area contributed by atoms with Gasteiger partial charge in [0.25, 0.3) is 0 Å². The predicted molar refractivity (Wildman–Crippen MR) is 68.2 cm³/mol. The summed E-state index contributed by atoms with van der Waals surface area (Å²) in [7, 11) is 0. The van der Waals surface area contributed by atoms with Crippen LogP contribution in [-0.4, -0.2) is 17.9 Å². The van der Waals surface area contributed by atoms with Crippen molar-refractivity contribution in [3.63, 3.8) is 0 Å². The third-order valence-electron chi connectivity index (χ3n) is 1.90. The molecule has 0 unspecified atom stereocenters. The quantitative estimate of drug-likeness (QED) is 0.464. The van der Waals surface area contributed by atoms with Gasteiger partial charge in [-0.1, -0.05) is 24.3 Å². The molecule has 3 nitrogen and oxygen atoms in total. The molecule has 0 amide bonds. The molecule has 0 fully saturated rings. The van der Waals surface area contributed by atoms with Gasteiger partial charge in [-0.3, -0.25) is 5.43 Å². The van der Waals surface area contributed by atoms with Crippen molar-refractivity contribution >= 4 is 23.5 Å². The Bertz CT molecular complexity index is 361. The molecule has 0 radical (unpaired) electrons. The smallest absolute Gasteiger partial charge is 0.186 e. The van der Waals surface area contributed by atoms with E-state index in [1.54, 1.807) is 6.21 Å². The van der Waals surface area contributed by atoms with Gasteiger partial charge < -0.3 is 5.32 Å².